The molecule has 0 aromatic carbocycles. The number of hydrogen-bond donors (Lipinski definition) is 2. The number of nitrogens with one attached hydrogen (secondary N) is 1. The first-order valence-electron chi connectivity index (χ1n) is 9.91. The molecule has 1 atom stereocenters. The number of rotatable bonds is 18. The highest BCUT2D eigenvalue weighted by Gasteiger charge is 2.37. The lowest BCUT2D eigenvalue weighted by atomic mass is 10.5. The molecule has 1 fully saturated rings. The summed E-state index contributed by atoms with van der Waals surface area (Å²) in [7, 11) is 5.02. The molecule has 0 aromatic heterocycles. The summed E-state index contributed by atoms with van der Waals surface area (Å²) in [5.74, 6) is 0. The molecular formula is C17H42N2O8Si2. The minimum Gasteiger partial charge on any atom is -0.379 e. The molecule has 0 saturated carbocycles. The van der Waals surface area contributed by atoms with E-state index in [0.717, 1.165) is 44.6 Å². The van der Waals surface area contributed by atoms with Gasteiger partial charge in [0.1, 0.15) is 6.10 Å². The summed E-state index contributed by atoms with van der Waals surface area (Å²) in [5, 5.41) is 3.21. The van der Waals surface area contributed by atoms with E-state index in [1.165, 1.54) is 0 Å². The van der Waals surface area contributed by atoms with Gasteiger partial charge in [0.2, 0.25) is 0 Å². The molecule has 29 heavy (non-hydrogen) atoms. The quantitative estimate of drug-likeness (QED) is 0.171. The van der Waals surface area contributed by atoms with Crippen molar-refractivity contribution in [2.75, 3.05) is 82.1 Å². The molecule has 1 saturated heterocycles. The zero-order valence-electron chi connectivity index (χ0n) is 19.0. The van der Waals surface area contributed by atoms with E-state index in [2.05, 4.69) is 5.32 Å². The van der Waals surface area contributed by atoms with Gasteiger partial charge in [0.25, 0.3) is 0 Å². The molecule has 1 aliphatic heterocycles. The summed E-state index contributed by atoms with van der Waals surface area (Å²) >= 11 is 0. The topological polar surface area (TPSA) is 115 Å². The Hall–Kier alpha value is 0.0338. The summed E-state index contributed by atoms with van der Waals surface area (Å²) in [5.41, 5.74) is 5.35. The summed E-state index contributed by atoms with van der Waals surface area (Å²) < 4.78 is 42.2. The van der Waals surface area contributed by atoms with E-state index in [0.29, 0.717) is 25.9 Å². The van der Waals surface area contributed by atoms with Gasteiger partial charge in [-0.25, -0.2) is 0 Å². The van der Waals surface area contributed by atoms with Gasteiger partial charge in [-0.15, -0.1) is 0 Å². The molecular weight excluding hydrogens is 416 g/mol. The van der Waals surface area contributed by atoms with Crippen LogP contribution >= 0.6 is 0 Å². The van der Waals surface area contributed by atoms with Crippen LogP contribution in [0, 0.1) is 0 Å². The van der Waals surface area contributed by atoms with Crippen molar-refractivity contribution in [2.45, 2.75) is 31.0 Å². The summed E-state index contributed by atoms with van der Waals surface area (Å²) in [4.78, 5) is 0. The number of ether oxygens (including phenoxy) is 2. The van der Waals surface area contributed by atoms with Gasteiger partial charge in [-0.2, -0.15) is 0 Å². The van der Waals surface area contributed by atoms with E-state index in [1.807, 2.05) is 0 Å². The van der Waals surface area contributed by atoms with Crippen LogP contribution in [0.1, 0.15) is 12.8 Å². The average molecular weight is 459 g/mol. The van der Waals surface area contributed by atoms with Crippen LogP contribution in [0.25, 0.3) is 0 Å². The summed E-state index contributed by atoms with van der Waals surface area (Å²) in [6.45, 7) is 4.67. The normalized spacial score (nSPS) is 16.4. The predicted molar refractivity (Wildman–Crippen MR) is 115 cm³/mol. The molecule has 0 aromatic rings. The van der Waals surface area contributed by atoms with Crippen LogP contribution in [0.2, 0.25) is 12.1 Å². The smallest absolute Gasteiger partial charge is 0.379 e. The van der Waals surface area contributed by atoms with E-state index >= 15 is 0 Å². The Morgan fingerprint density at radius 2 is 1.31 bits per heavy atom. The second-order valence-electron chi connectivity index (χ2n) is 6.37. The lowest BCUT2D eigenvalue weighted by Crippen LogP contribution is -2.43. The Kier molecular flexibility index (Phi) is 17.7. The molecule has 1 unspecified atom stereocenters. The van der Waals surface area contributed by atoms with Crippen molar-refractivity contribution in [3.8, 4) is 0 Å². The third-order valence-electron chi connectivity index (χ3n) is 4.50. The maximum Gasteiger partial charge on any atom is 0.500 e. The van der Waals surface area contributed by atoms with Crippen molar-refractivity contribution >= 4 is 17.6 Å². The zero-order chi connectivity index (χ0) is 22.0. The van der Waals surface area contributed by atoms with Gasteiger partial charge in [-0.3, -0.25) is 0 Å². The molecule has 176 valence electrons. The van der Waals surface area contributed by atoms with E-state index in [1.54, 1.807) is 42.7 Å². The molecule has 3 N–H and O–H groups in total. The Bertz CT molecular complexity index is 357. The Labute approximate surface area is 178 Å². The first-order chi connectivity index (χ1) is 14.0. The molecule has 0 bridgehead atoms. The fourth-order valence-corrected chi connectivity index (χ4v) is 5.95. The molecule has 1 heterocycles. The minimum absolute atomic E-state index is 0.333. The van der Waals surface area contributed by atoms with Crippen LogP contribution in [0.15, 0.2) is 0 Å². The van der Waals surface area contributed by atoms with E-state index in [4.69, 9.17) is 41.8 Å². The molecule has 1 rings (SSSR count). The second-order valence-corrected chi connectivity index (χ2v) is 12.5. The highest BCUT2D eigenvalue weighted by Crippen LogP contribution is 2.16. The SMILES string of the molecule is CO[Si](CCCNCCN)(OC)OC.CO[Si](CCCOCC1CO1)(OC)OC. The first kappa shape index (κ1) is 29.0. The van der Waals surface area contributed by atoms with Gasteiger partial charge in [0.05, 0.1) is 13.2 Å². The van der Waals surface area contributed by atoms with Crippen molar-refractivity contribution in [1.29, 1.82) is 0 Å². The molecule has 1 aliphatic rings. The third kappa shape index (κ3) is 13.1. The molecule has 0 spiro atoms. The van der Waals surface area contributed by atoms with Crippen LogP contribution in [-0.4, -0.2) is 106 Å². The van der Waals surface area contributed by atoms with Gasteiger partial charge in [0, 0.05) is 74.4 Å². The largest absolute Gasteiger partial charge is 0.500 e. The van der Waals surface area contributed by atoms with Crippen LogP contribution in [-0.2, 0) is 36.0 Å². The lowest BCUT2D eigenvalue weighted by molar-refractivity contribution is 0.100. The highest BCUT2D eigenvalue weighted by molar-refractivity contribution is 6.60. The predicted octanol–water partition coefficient (Wildman–Crippen LogP) is 0.473. The fourth-order valence-electron chi connectivity index (χ4n) is 2.54. The number of hydrogen-bond acceptors (Lipinski definition) is 10. The highest BCUT2D eigenvalue weighted by atomic mass is 28.4. The van der Waals surface area contributed by atoms with E-state index in [-0.39, 0.29) is 0 Å². The van der Waals surface area contributed by atoms with Gasteiger partial charge < -0.3 is 47.1 Å². The Morgan fingerprint density at radius 1 is 0.828 bits per heavy atom. The fraction of sp³-hybridized carbons (Fsp3) is 1.00. The molecule has 10 nitrogen and oxygen atoms in total. The molecule has 0 amide bonds. The maximum absolute atomic E-state index is 5.42. The third-order valence-corrected chi connectivity index (χ3v) is 10.2. The van der Waals surface area contributed by atoms with E-state index < -0.39 is 17.6 Å². The minimum atomic E-state index is -2.39. The second kappa shape index (κ2) is 17.7. The van der Waals surface area contributed by atoms with Gasteiger partial charge in [0.15, 0.2) is 0 Å². The molecule has 0 aliphatic carbocycles. The lowest BCUT2D eigenvalue weighted by Gasteiger charge is -2.24. The van der Waals surface area contributed by atoms with E-state index in [9.17, 15) is 0 Å². The van der Waals surface area contributed by atoms with Gasteiger partial charge in [-0.1, -0.05) is 0 Å². The number of nitrogens with two attached hydrogens (primary N) is 1. The standard InChI is InChI=1S/C9H20O5Si.C8H22N2O3Si/c1-10-15(11-2,12-3)6-4-5-13-7-9-8-14-9;1-11-14(12-2,13-3)8-4-6-10-7-5-9/h9H,4-8H2,1-3H3;10H,4-9H2,1-3H3. The summed E-state index contributed by atoms with van der Waals surface area (Å²) in [6.07, 6.45) is 2.19. The average Bonchev–Trinajstić information content (AvgIpc) is 3.59. The zero-order valence-corrected chi connectivity index (χ0v) is 21.0. The van der Waals surface area contributed by atoms with Crippen molar-refractivity contribution < 1.29 is 36.0 Å². The van der Waals surface area contributed by atoms with Crippen LogP contribution in [0.3, 0.4) is 0 Å². The Morgan fingerprint density at radius 3 is 1.72 bits per heavy atom. The van der Waals surface area contributed by atoms with Crippen molar-refractivity contribution in [2.24, 2.45) is 5.73 Å². The Balaban J connectivity index is 0.000000543. The summed E-state index contributed by atoms with van der Waals surface area (Å²) in [6, 6.07) is 1.61. The van der Waals surface area contributed by atoms with Gasteiger partial charge >= 0.3 is 17.6 Å². The van der Waals surface area contributed by atoms with Gasteiger partial charge in [-0.05, 0) is 19.4 Å². The maximum atomic E-state index is 5.42. The van der Waals surface area contributed by atoms with Crippen LogP contribution in [0.4, 0.5) is 0 Å². The van der Waals surface area contributed by atoms with Crippen molar-refractivity contribution in [3.63, 3.8) is 0 Å². The van der Waals surface area contributed by atoms with Crippen molar-refractivity contribution in [3.05, 3.63) is 0 Å². The monoisotopic (exact) mass is 458 g/mol. The van der Waals surface area contributed by atoms with Crippen molar-refractivity contribution in [1.82, 2.24) is 5.32 Å². The van der Waals surface area contributed by atoms with Crippen LogP contribution in [0.5, 0.6) is 0 Å². The first-order valence-corrected chi connectivity index (χ1v) is 13.8. The number of epoxide rings is 1. The van der Waals surface area contributed by atoms with Crippen LogP contribution < -0.4 is 11.1 Å². The molecule has 0 radical (unpaired) electrons. The molecule has 12 heteroatoms.